The normalized spacial score (nSPS) is 12.0. The molecule has 0 radical (unpaired) electrons. The fourth-order valence-electron chi connectivity index (χ4n) is 2.18. The van der Waals surface area contributed by atoms with Crippen LogP contribution >= 0.6 is 0 Å². The molecule has 0 heterocycles. The molecule has 2 N–H and O–H groups in total. The lowest BCUT2D eigenvalue weighted by atomic mass is 10.2. The minimum Gasteiger partial charge on any atom is -0.378 e. The fraction of sp³-hybridized carbons (Fsp3) is 0.263. The Morgan fingerprint density at radius 3 is 2.50 bits per heavy atom. The number of carbonyl (C=O) groups is 1. The van der Waals surface area contributed by atoms with Crippen LogP contribution in [0.5, 0.6) is 0 Å². The molecule has 2 rings (SSSR count). The average molecular weight is 324 g/mol. The second-order valence-electron chi connectivity index (χ2n) is 5.96. The zero-order valence-corrected chi connectivity index (χ0v) is 14.6. The van der Waals surface area contributed by atoms with E-state index in [1.54, 1.807) is 13.1 Å². The van der Waals surface area contributed by atoms with Crippen molar-refractivity contribution >= 4 is 23.5 Å². The third-order valence-electron chi connectivity index (χ3n) is 3.59. The van der Waals surface area contributed by atoms with E-state index in [0.717, 1.165) is 22.5 Å². The highest BCUT2D eigenvalue weighted by molar-refractivity contribution is 5.86. The summed E-state index contributed by atoms with van der Waals surface area (Å²) in [6, 6.07) is 15.5. The Kier molecular flexibility index (Phi) is 5.95. The molecule has 1 amide bonds. The van der Waals surface area contributed by atoms with Crippen molar-refractivity contribution in [2.45, 2.75) is 19.9 Å². The van der Waals surface area contributed by atoms with Gasteiger partial charge in [0.1, 0.15) is 6.04 Å². The van der Waals surface area contributed by atoms with E-state index in [0.29, 0.717) is 0 Å². The molecule has 1 unspecified atom stereocenters. The predicted molar refractivity (Wildman–Crippen MR) is 101 cm³/mol. The molecule has 0 aliphatic heterocycles. The molecule has 0 saturated heterocycles. The first-order valence-corrected chi connectivity index (χ1v) is 7.89. The van der Waals surface area contributed by atoms with E-state index in [2.05, 4.69) is 15.8 Å². The molecule has 0 saturated carbocycles. The van der Waals surface area contributed by atoms with E-state index in [1.165, 1.54) is 0 Å². The predicted octanol–water partition coefficient (Wildman–Crippen LogP) is 3.01. The van der Waals surface area contributed by atoms with Crippen LogP contribution in [-0.2, 0) is 4.79 Å². The van der Waals surface area contributed by atoms with Crippen LogP contribution in [-0.4, -0.2) is 32.3 Å². The summed E-state index contributed by atoms with van der Waals surface area (Å²) in [5.74, 6) is -0.183. The van der Waals surface area contributed by atoms with Crippen LogP contribution in [0.25, 0.3) is 0 Å². The Morgan fingerprint density at radius 2 is 1.88 bits per heavy atom. The number of nitrogens with one attached hydrogen (secondary N) is 2. The maximum atomic E-state index is 12.1. The smallest absolute Gasteiger partial charge is 0.262 e. The van der Waals surface area contributed by atoms with Crippen molar-refractivity contribution in [2.24, 2.45) is 5.10 Å². The number of carbonyl (C=O) groups excluding carboxylic acids is 1. The number of nitrogens with zero attached hydrogens (tertiary/aromatic N) is 2. The highest BCUT2D eigenvalue weighted by atomic mass is 16.2. The molecule has 24 heavy (non-hydrogen) atoms. The van der Waals surface area contributed by atoms with Crippen LogP contribution in [0.15, 0.2) is 53.6 Å². The van der Waals surface area contributed by atoms with Gasteiger partial charge in [0.05, 0.1) is 6.21 Å². The van der Waals surface area contributed by atoms with Gasteiger partial charge in [-0.25, -0.2) is 5.43 Å². The first-order valence-electron chi connectivity index (χ1n) is 7.89. The molecule has 0 bridgehead atoms. The average Bonchev–Trinajstić information content (AvgIpc) is 2.55. The highest BCUT2D eigenvalue weighted by Gasteiger charge is 2.11. The van der Waals surface area contributed by atoms with Gasteiger partial charge in [0.2, 0.25) is 0 Å². The number of hydrazone groups is 1. The Morgan fingerprint density at radius 1 is 1.17 bits per heavy atom. The van der Waals surface area contributed by atoms with E-state index in [1.807, 2.05) is 74.4 Å². The molecule has 2 aromatic rings. The topological polar surface area (TPSA) is 56.7 Å². The molecule has 0 aliphatic rings. The van der Waals surface area contributed by atoms with Gasteiger partial charge in [-0.2, -0.15) is 5.10 Å². The minimum atomic E-state index is -0.375. The third-order valence-corrected chi connectivity index (χ3v) is 3.59. The Balaban J connectivity index is 1.87. The van der Waals surface area contributed by atoms with Gasteiger partial charge in [0, 0.05) is 25.5 Å². The van der Waals surface area contributed by atoms with Crippen LogP contribution in [0.2, 0.25) is 0 Å². The third kappa shape index (κ3) is 5.12. The van der Waals surface area contributed by atoms with Gasteiger partial charge in [0.15, 0.2) is 0 Å². The van der Waals surface area contributed by atoms with Crippen molar-refractivity contribution in [2.75, 3.05) is 24.3 Å². The Hall–Kier alpha value is -2.82. The monoisotopic (exact) mass is 324 g/mol. The minimum absolute atomic E-state index is 0.183. The second kappa shape index (κ2) is 8.15. The summed E-state index contributed by atoms with van der Waals surface area (Å²) in [5.41, 5.74) is 6.67. The molecule has 2 aromatic carbocycles. The van der Waals surface area contributed by atoms with E-state index in [9.17, 15) is 4.79 Å². The van der Waals surface area contributed by atoms with E-state index in [-0.39, 0.29) is 11.9 Å². The van der Waals surface area contributed by atoms with Crippen molar-refractivity contribution in [1.82, 2.24) is 5.43 Å². The van der Waals surface area contributed by atoms with Crippen molar-refractivity contribution < 1.29 is 4.79 Å². The molecule has 126 valence electrons. The zero-order chi connectivity index (χ0) is 17.5. The molecule has 0 aliphatic carbocycles. The summed E-state index contributed by atoms with van der Waals surface area (Å²) in [6.45, 7) is 3.82. The summed E-state index contributed by atoms with van der Waals surface area (Å²) in [4.78, 5) is 14.1. The standard InChI is InChI=1S/C19H24N4O/c1-14-6-5-7-17(12-14)21-15(2)19(24)22-20-13-16-8-10-18(11-9-16)23(3)4/h5-13,15,21H,1-4H3,(H,22,24). The van der Waals surface area contributed by atoms with E-state index in [4.69, 9.17) is 0 Å². The molecule has 0 fully saturated rings. The molecule has 5 heteroatoms. The highest BCUT2D eigenvalue weighted by Crippen LogP contribution is 2.11. The number of hydrogen-bond donors (Lipinski definition) is 2. The van der Waals surface area contributed by atoms with Crippen molar-refractivity contribution in [3.63, 3.8) is 0 Å². The molecule has 1 atom stereocenters. The lowest BCUT2D eigenvalue weighted by Crippen LogP contribution is -2.34. The van der Waals surface area contributed by atoms with Crippen LogP contribution in [0, 0.1) is 6.92 Å². The van der Waals surface area contributed by atoms with Crippen LogP contribution < -0.4 is 15.6 Å². The maximum Gasteiger partial charge on any atom is 0.262 e. The van der Waals surface area contributed by atoms with Crippen molar-refractivity contribution in [3.8, 4) is 0 Å². The van der Waals surface area contributed by atoms with E-state index < -0.39 is 0 Å². The summed E-state index contributed by atoms with van der Waals surface area (Å²) >= 11 is 0. The van der Waals surface area contributed by atoms with Crippen molar-refractivity contribution in [1.29, 1.82) is 0 Å². The zero-order valence-electron chi connectivity index (χ0n) is 14.6. The Bertz CT molecular complexity index is 708. The molecular formula is C19H24N4O. The van der Waals surface area contributed by atoms with Crippen LogP contribution in [0.1, 0.15) is 18.1 Å². The molecule has 5 nitrogen and oxygen atoms in total. The quantitative estimate of drug-likeness (QED) is 0.634. The molecule has 0 aromatic heterocycles. The summed E-state index contributed by atoms with van der Waals surface area (Å²) in [7, 11) is 3.98. The van der Waals surface area contributed by atoms with Crippen LogP contribution in [0.4, 0.5) is 11.4 Å². The largest absolute Gasteiger partial charge is 0.378 e. The molecule has 0 spiro atoms. The van der Waals surface area contributed by atoms with Gasteiger partial charge < -0.3 is 10.2 Å². The maximum absolute atomic E-state index is 12.1. The number of rotatable bonds is 6. The summed E-state index contributed by atoms with van der Waals surface area (Å²) in [5, 5.41) is 7.18. The number of aryl methyl sites for hydroxylation is 1. The van der Waals surface area contributed by atoms with Gasteiger partial charge in [-0.1, -0.05) is 24.3 Å². The number of amides is 1. The Labute approximate surface area is 143 Å². The summed E-state index contributed by atoms with van der Waals surface area (Å²) in [6.07, 6.45) is 1.64. The number of benzene rings is 2. The SMILES string of the molecule is Cc1cccc(NC(C)C(=O)NN=Cc2ccc(N(C)C)cc2)c1. The van der Waals surface area contributed by atoms with Gasteiger partial charge in [-0.3, -0.25) is 4.79 Å². The number of hydrogen-bond acceptors (Lipinski definition) is 4. The van der Waals surface area contributed by atoms with E-state index >= 15 is 0 Å². The fourth-order valence-corrected chi connectivity index (χ4v) is 2.18. The lowest BCUT2D eigenvalue weighted by molar-refractivity contribution is -0.121. The number of anilines is 2. The van der Waals surface area contributed by atoms with Gasteiger partial charge in [0.25, 0.3) is 5.91 Å². The summed E-state index contributed by atoms with van der Waals surface area (Å²) < 4.78 is 0. The van der Waals surface area contributed by atoms with Crippen LogP contribution in [0.3, 0.4) is 0 Å². The van der Waals surface area contributed by atoms with Gasteiger partial charge in [-0.05, 0) is 49.2 Å². The second-order valence-corrected chi connectivity index (χ2v) is 5.96. The lowest BCUT2D eigenvalue weighted by Gasteiger charge is -2.14. The van der Waals surface area contributed by atoms with Crippen molar-refractivity contribution in [3.05, 3.63) is 59.7 Å². The molecular weight excluding hydrogens is 300 g/mol. The first kappa shape index (κ1) is 17.5. The first-order chi connectivity index (χ1) is 11.5. The van der Waals surface area contributed by atoms with Gasteiger partial charge >= 0.3 is 0 Å². The van der Waals surface area contributed by atoms with Gasteiger partial charge in [-0.15, -0.1) is 0 Å².